The number of carboxylic acid groups (broad SMARTS) is 1. The largest absolute Gasteiger partial charge is 0.481 e. The van der Waals surface area contributed by atoms with Gasteiger partial charge in [0.25, 0.3) is 5.76 Å². The van der Waals surface area contributed by atoms with E-state index in [1.54, 1.807) is 0 Å². The van der Waals surface area contributed by atoms with E-state index in [1.807, 2.05) is 0 Å². The van der Waals surface area contributed by atoms with Gasteiger partial charge in [-0.3, -0.25) is 4.79 Å². The van der Waals surface area contributed by atoms with Crippen LogP contribution < -0.4 is 5.73 Å². The van der Waals surface area contributed by atoms with Crippen LogP contribution in [0.5, 0.6) is 0 Å². The summed E-state index contributed by atoms with van der Waals surface area (Å²) >= 11 is 0.277. The average Bonchev–Trinajstić information content (AvgIpc) is 1.82. The molecule has 0 spiro atoms. The van der Waals surface area contributed by atoms with Crippen molar-refractivity contribution in [2.75, 3.05) is 0 Å². The molecule has 0 aromatic rings. The fourth-order valence-corrected chi connectivity index (χ4v) is 0.984. The van der Waals surface area contributed by atoms with Gasteiger partial charge in [0.1, 0.15) is 0 Å². The minimum Gasteiger partial charge on any atom is -0.481 e. The Bertz CT molecular complexity index is 134. The van der Waals surface area contributed by atoms with E-state index in [0.29, 0.717) is 0 Å². The van der Waals surface area contributed by atoms with Gasteiger partial charge in [0, 0.05) is 6.42 Å². The number of aliphatic carboxylic acids is 1. The Morgan fingerprint density at radius 2 is 2.18 bits per heavy atom. The summed E-state index contributed by atoms with van der Waals surface area (Å²) in [6.45, 7) is 0. The zero-order valence-corrected chi connectivity index (χ0v) is 6.48. The molecule has 3 nitrogen and oxygen atoms in total. The van der Waals surface area contributed by atoms with Gasteiger partial charge in [0.05, 0.1) is 5.37 Å². The predicted octanol–water partition coefficient (Wildman–Crippen LogP) is 1.09. The number of alkyl halides is 2. The minimum atomic E-state index is -2.53. The molecule has 0 radical (unpaired) electrons. The third kappa shape index (κ3) is 7.54. The lowest BCUT2D eigenvalue weighted by Crippen LogP contribution is -2.18. The van der Waals surface area contributed by atoms with E-state index >= 15 is 0 Å². The second-order valence-corrected chi connectivity index (χ2v) is 3.10. The number of halogens is 2. The molecule has 1 unspecified atom stereocenters. The predicted molar refractivity (Wildman–Crippen MR) is 38.4 cm³/mol. The lowest BCUT2D eigenvalue weighted by atomic mass is 10.3. The minimum absolute atomic E-state index is 0.0737. The summed E-state index contributed by atoms with van der Waals surface area (Å²) in [6, 6.07) is 0. The van der Waals surface area contributed by atoms with Gasteiger partial charge in [-0.15, -0.1) is 0 Å². The van der Waals surface area contributed by atoms with Crippen LogP contribution in [0, 0.1) is 0 Å². The van der Waals surface area contributed by atoms with Crippen LogP contribution in [0.2, 0.25) is 0 Å². The fourth-order valence-electron chi connectivity index (χ4n) is 0.466. The summed E-state index contributed by atoms with van der Waals surface area (Å²) in [7, 11) is 0. The summed E-state index contributed by atoms with van der Waals surface area (Å²) < 4.78 is 23.1. The van der Waals surface area contributed by atoms with Gasteiger partial charge in [-0.2, -0.15) is 8.78 Å². The van der Waals surface area contributed by atoms with Crippen LogP contribution in [-0.4, -0.2) is 22.2 Å². The summed E-state index contributed by atoms with van der Waals surface area (Å²) in [5.41, 5.74) is 5.14. The van der Waals surface area contributed by atoms with Gasteiger partial charge in [-0.1, -0.05) is 11.8 Å². The highest BCUT2D eigenvalue weighted by Crippen LogP contribution is 2.19. The summed E-state index contributed by atoms with van der Waals surface area (Å²) in [4.78, 5) is 9.94. The molecule has 0 saturated carbocycles. The molecule has 1 atom stereocenters. The maximum atomic E-state index is 11.5. The van der Waals surface area contributed by atoms with Crippen molar-refractivity contribution in [1.29, 1.82) is 0 Å². The van der Waals surface area contributed by atoms with E-state index in [1.165, 1.54) is 0 Å². The molecule has 0 aliphatic heterocycles. The maximum absolute atomic E-state index is 11.5. The molecule has 0 heterocycles. The molecule has 6 heteroatoms. The molecule has 0 aliphatic rings. The fraction of sp³-hybridized carbons (Fsp3) is 0.800. The number of hydrogen-bond donors (Lipinski definition) is 2. The smallest absolute Gasteiger partial charge is 0.303 e. The lowest BCUT2D eigenvalue weighted by Gasteiger charge is -2.07. The highest BCUT2D eigenvalue weighted by Gasteiger charge is 2.11. The second kappa shape index (κ2) is 5.31. The van der Waals surface area contributed by atoms with Crippen molar-refractivity contribution < 1.29 is 18.7 Å². The van der Waals surface area contributed by atoms with Gasteiger partial charge in [-0.05, 0) is 6.42 Å². The zero-order chi connectivity index (χ0) is 8.85. The molecule has 0 saturated heterocycles. The van der Waals surface area contributed by atoms with Crippen LogP contribution in [0.15, 0.2) is 0 Å². The zero-order valence-electron chi connectivity index (χ0n) is 5.67. The van der Waals surface area contributed by atoms with Gasteiger partial charge < -0.3 is 10.8 Å². The van der Waals surface area contributed by atoms with Gasteiger partial charge >= 0.3 is 5.97 Å². The van der Waals surface area contributed by atoms with E-state index in [2.05, 4.69) is 0 Å². The molecule has 0 rings (SSSR count). The monoisotopic (exact) mass is 185 g/mol. The standard InChI is InChI=1S/C5H9F2NO2S/c6-5(7)11-3(8)1-2-4(9)10/h3,5H,1-2,8H2,(H,9,10). The van der Waals surface area contributed by atoms with Crippen LogP contribution in [0.4, 0.5) is 8.78 Å². The first kappa shape index (κ1) is 10.6. The molecule has 0 bridgehead atoms. The Labute approximate surface area is 66.9 Å². The first-order valence-corrected chi connectivity index (χ1v) is 3.87. The van der Waals surface area contributed by atoms with Crippen molar-refractivity contribution in [3.63, 3.8) is 0 Å². The topological polar surface area (TPSA) is 63.3 Å². The van der Waals surface area contributed by atoms with E-state index in [4.69, 9.17) is 10.8 Å². The van der Waals surface area contributed by atoms with Gasteiger partial charge in [0.15, 0.2) is 0 Å². The number of hydrogen-bond acceptors (Lipinski definition) is 3. The summed E-state index contributed by atoms with van der Waals surface area (Å²) in [5, 5.41) is 7.36. The SMILES string of the molecule is NC(CCC(=O)O)SC(F)F. The molecule has 0 aromatic carbocycles. The van der Waals surface area contributed by atoms with Gasteiger partial charge in [-0.25, -0.2) is 0 Å². The Morgan fingerprint density at radius 3 is 2.55 bits per heavy atom. The number of thioether (sulfide) groups is 1. The molecular weight excluding hydrogens is 176 g/mol. The van der Waals surface area contributed by atoms with E-state index in [0.717, 1.165) is 0 Å². The molecule has 66 valence electrons. The van der Waals surface area contributed by atoms with Crippen LogP contribution in [0.1, 0.15) is 12.8 Å². The highest BCUT2D eigenvalue weighted by molar-refractivity contribution is 8.00. The Kier molecular flexibility index (Phi) is 5.14. The second-order valence-electron chi connectivity index (χ2n) is 1.87. The normalized spacial score (nSPS) is 13.5. The first-order chi connectivity index (χ1) is 5.02. The van der Waals surface area contributed by atoms with Crippen molar-refractivity contribution in [2.24, 2.45) is 5.73 Å². The van der Waals surface area contributed by atoms with Crippen LogP contribution >= 0.6 is 11.8 Å². The van der Waals surface area contributed by atoms with Crippen molar-refractivity contribution in [2.45, 2.75) is 24.0 Å². The molecule has 3 N–H and O–H groups in total. The number of nitrogens with two attached hydrogens (primary N) is 1. The van der Waals surface area contributed by atoms with Gasteiger partial charge in [0.2, 0.25) is 0 Å². The molecule has 0 amide bonds. The molecule has 0 aliphatic carbocycles. The van der Waals surface area contributed by atoms with Crippen LogP contribution in [0.25, 0.3) is 0 Å². The molecule has 11 heavy (non-hydrogen) atoms. The first-order valence-electron chi connectivity index (χ1n) is 2.93. The number of carbonyl (C=O) groups is 1. The Balaban J connectivity index is 3.37. The third-order valence-corrected chi connectivity index (χ3v) is 1.71. The average molecular weight is 185 g/mol. The van der Waals surface area contributed by atoms with Crippen molar-refractivity contribution >= 4 is 17.7 Å². The van der Waals surface area contributed by atoms with E-state index in [-0.39, 0.29) is 24.6 Å². The lowest BCUT2D eigenvalue weighted by molar-refractivity contribution is -0.137. The number of carboxylic acids is 1. The van der Waals surface area contributed by atoms with Crippen molar-refractivity contribution in [1.82, 2.24) is 0 Å². The number of rotatable bonds is 5. The molecule has 0 fully saturated rings. The van der Waals surface area contributed by atoms with Crippen molar-refractivity contribution in [3.8, 4) is 0 Å². The van der Waals surface area contributed by atoms with E-state index in [9.17, 15) is 13.6 Å². The van der Waals surface area contributed by atoms with Crippen molar-refractivity contribution in [3.05, 3.63) is 0 Å². The Morgan fingerprint density at radius 1 is 1.64 bits per heavy atom. The van der Waals surface area contributed by atoms with Crippen LogP contribution in [-0.2, 0) is 4.79 Å². The molecular formula is C5H9F2NO2S. The van der Waals surface area contributed by atoms with Crippen LogP contribution in [0.3, 0.4) is 0 Å². The summed E-state index contributed by atoms with van der Waals surface area (Å²) in [6.07, 6.45) is -0.0920. The van der Waals surface area contributed by atoms with E-state index < -0.39 is 17.1 Å². The quantitative estimate of drug-likeness (QED) is 0.629. The Hall–Kier alpha value is -0.360. The highest BCUT2D eigenvalue weighted by atomic mass is 32.2. The third-order valence-electron chi connectivity index (χ3n) is 0.920. The summed E-state index contributed by atoms with van der Waals surface area (Å²) in [5.74, 6) is -3.55. The molecule has 0 aromatic heterocycles. The maximum Gasteiger partial charge on any atom is 0.303 e.